The minimum absolute atomic E-state index is 0.199. The maximum atomic E-state index is 11.9. The molecule has 0 fully saturated rings. The van der Waals surface area contributed by atoms with Crippen molar-refractivity contribution in [2.45, 2.75) is 18.9 Å². The first-order chi connectivity index (χ1) is 8.93. The number of amides is 1. The van der Waals surface area contributed by atoms with E-state index in [1.165, 1.54) is 12.1 Å². The third-order valence-electron chi connectivity index (χ3n) is 2.49. The van der Waals surface area contributed by atoms with Gasteiger partial charge in [0.15, 0.2) is 0 Å². The molecule has 7 nitrogen and oxygen atoms in total. The number of hydrogen-bond acceptors (Lipinski definition) is 6. The average molecular weight is 264 g/mol. The molecule has 0 heterocycles. The molecule has 0 saturated heterocycles. The predicted molar refractivity (Wildman–Crippen MR) is 59.8 cm³/mol. The third-order valence-corrected chi connectivity index (χ3v) is 2.49. The highest BCUT2D eigenvalue weighted by Gasteiger charge is 2.22. The zero-order valence-electron chi connectivity index (χ0n) is 9.94. The van der Waals surface area contributed by atoms with Crippen molar-refractivity contribution in [1.82, 2.24) is 5.01 Å². The maximum Gasteiger partial charge on any atom is 0.268 e. The number of hydrogen-bond donors (Lipinski definition) is 1. The largest absolute Gasteiger partial charge is 0.550 e. The van der Waals surface area contributed by atoms with Gasteiger partial charge in [0.05, 0.1) is 12.0 Å². The second-order valence-electron chi connectivity index (χ2n) is 3.82. The van der Waals surface area contributed by atoms with E-state index in [0.29, 0.717) is 5.01 Å². The maximum absolute atomic E-state index is 11.9. The Labute approximate surface area is 109 Å². The van der Waals surface area contributed by atoms with Crippen LogP contribution in [0.5, 0.6) is 0 Å². The topological polar surface area (TPSA) is 127 Å². The molecule has 102 valence electrons. The van der Waals surface area contributed by atoms with Crippen LogP contribution in [0.3, 0.4) is 0 Å². The van der Waals surface area contributed by atoms with Crippen molar-refractivity contribution in [3.63, 3.8) is 0 Å². The normalized spacial score (nSPS) is 11.6. The van der Waals surface area contributed by atoms with E-state index in [2.05, 4.69) is 0 Å². The fourth-order valence-electron chi connectivity index (χ4n) is 1.50. The summed E-state index contributed by atoms with van der Waals surface area (Å²) in [5.74, 6) is 1.66. The minimum Gasteiger partial charge on any atom is -0.550 e. The highest BCUT2D eigenvalue weighted by atomic mass is 16.4. The molecule has 7 heteroatoms. The van der Waals surface area contributed by atoms with E-state index < -0.39 is 30.3 Å². The van der Waals surface area contributed by atoms with Crippen molar-refractivity contribution in [3.8, 4) is 0 Å². The van der Waals surface area contributed by atoms with Crippen LogP contribution in [0.15, 0.2) is 30.3 Å². The van der Waals surface area contributed by atoms with Gasteiger partial charge in [0.25, 0.3) is 5.91 Å². The van der Waals surface area contributed by atoms with E-state index >= 15 is 0 Å². The number of nitrogens with zero attached hydrogens (tertiary/aromatic N) is 1. The van der Waals surface area contributed by atoms with Crippen molar-refractivity contribution in [2.24, 2.45) is 5.84 Å². The Bertz CT molecular complexity index is 474. The van der Waals surface area contributed by atoms with Gasteiger partial charge in [-0.25, -0.2) is 5.84 Å². The molecular weight excluding hydrogens is 252 g/mol. The SMILES string of the molecule is NN(C(=O)c1ccccc1)C(CCC(=O)[O-])C(=O)[O-]. The smallest absolute Gasteiger partial charge is 0.268 e. The van der Waals surface area contributed by atoms with E-state index in [-0.39, 0.29) is 12.0 Å². The molecule has 0 spiro atoms. The molecule has 1 amide bonds. The first-order valence-electron chi connectivity index (χ1n) is 5.47. The molecule has 1 unspecified atom stereocenters. The second kappa shape index (κ2) is 6.50. The van der Waals surface area contributed by atoms with Gasteiger partial charge in [-0.15, -0.1) is 0 Å². The summed E-state index contributed by atoms with van der Waals surface area (Å²) in [4.78, 5) is 33.1. The Morgan fingerprint density at radius 3 is 2.21 bits per heavy atom. The molecule has 0 saturated carbocycles. The Morgan fingerprint density at radius 1 is 1.16 bits per heavy atom. The van der Waals surface area contributed by atoms with Gasteiger partial charge in [0, 0.05) is 11.5 Å². The van der Waals surface area contributed by atoms with Crippen LogP contribution in [0.25, 0.3) is 0 Å². The molecule has 0 aliphatic heterocycles. The van der Waals surface area contributed by atoms with Crippen molar-refractivity contribution in [1.29, 1.82) is 0 Å². The second-order valence-corrected chi connectivity index (χ2v) is 3.82. The van der Waals surface area contributed by atoms with Crippen LogP contribution in [-0.4, -0.2) is 28.9 Å². The van der Waals surface area contributed by atoms with Gasteiger partial charge in [0.2, 0.25) is 0 Å². The van der Waals surface area contributed by atoms with Crippen LogP contribution in [0.1, 0.15) is 23.2 Å². The van der Waals surface area contributed by atoms with Crippen LogP contribution in [-0.2, 0) is 9.59 Å². The Balaban J connectivity index is 2.82. The summed E-state index contributed by atoms with van der Waals surface area (Å²) in [6.07, 6.45) is -0.909. The molecule has 1 aromatic carbocycles. The number of carboxylic acid groups (broad SMARTS) is 2. The van der Waals surface area contributed by atoms with Crippen molar-refractivity contribution >= 4 is 17.8 Å². The Hall–Kier alpha value is -2.41. The number of carbonyl (C=O) groups is 3. The van der Waals surface area contributed by atoms with E-state index in [0.717, 1.165) is 0 Å². The fourth-order valence-corrected chi connectivity index (χ4v) is 1.50. The molecule has 0 bridgehead atoms. The standard InChI is InChI=1S/C12H14N2O5/c13-14(9(12(18)19)6-7-10(15)16)11(17)8-4-2-1-3-5-8/h1-5,9H,6-7,13H2,(H,15,16)(H,18,19)/p-2. The summed E-state index contributed by atoms with van der Waals surface area (Å²) < 4.78 is 0. The molecule has 0 aromatic heterocycles. The summed E-state index contributed by atoms with van der Waals surface area (Å²) >= 11 is 0. The van der Waals surface area contributed by atoms with Crippen molar-refractivity contribution < 1.29 is 24.6 Å². The summed E-state index contributed by atoms with van der Waals surface area (Å²) in [5, 5.41) is 21.7. The van der Waals surface area contributed by atoms with E-state index in [1.54, 1.807) is 18.2 Å². The van der Waals surface area contributed by atoms with Crippen LogP contribution in [0.4, 0.5) is 0 Å². The van der Waals surface area contributed by atoms with Gasteiger partial charge in [-0.2, -0.15) is 0 Å². The van der Waals surface area contributed by atoms with Gasteiger partial charge in [-0.05, 0) is 25.0 Å². The predicted octanol–water partition coefficient (Wildman–Crippen LogP) is -2.35. The van der Waals surface area contributed by atoms with Gasteiger partial charge in [-0.3, -0.25) is 9.80 Å². The number of benzene rings is 1. The lowest BCUT2D eigenvalue weighted by Gasteiger charge is -2.28. The first-order valence-corrected chi connectivity index (χ1v) is 5.47. The number of nitrogens with two attached hydrogens (primary N) is 1. The zero-order chi connectivity index (χ0) is 14.4. The van der Waals surface area contributed by atoms with Crippen molar-refractivity contribution in [2.75, 3.05) is 0 Å². The molecule has 1 aromatic rings. The molecule has 2 N–H and O–H groups in total. The Morgan fingerprint density at radius 2 is 1.74 bits per heavy atom. The monoisotopic (exact) mass is 264 g/mol. The quantitative estimate of drug-likeness (QED) is 0.348. The molecular formula is C12H12N2O5-2. The van der Waals surface area contributed by atoms with Crippen LogP contribution in [0.2, 0.25) is 0 Å². The van der Waals surface area contributed by atoms with Crippen LogP contribution in [0, 0.1) is 0 Å². The molecule has 19 heavy (non-hydrogen) atoms. The van der Waals surface area contributed by atoms with Gasteiger partial charge in [-0.1, -0.05) is 18.2 Å². The summed E-state index contributed by atoms with van der Waals surface area (Å²) in [7, 11) is 0. The number of rotatable bonds is 6. The van der Waals surface area contributed by atoms with Crippen LogP contribution >= 0.6 is 0 Å². The van der Waals surface area contributed by atoms with E-state index in [4.69, 9.17) is 5.84 Å². The lowest BCUT2D eigenvalue weighted by molar-refractivity contribution is -0.312. The zero-order valence-corrected chi connectivity index (χ0v) is 9.94. The molecule has 1 atom stereocenters. The lowest BCUT2D eigenvalue weighted by atomic mass is 10.1. The van der Waals surface area contributed by atoms with Gasteiger partial charge in [0.1, 0.15) is 0 Å². The van der Waals surface area contributed by atoms with Gasteiger partial charge >= 0.3 is 0 Å². The molecule has 0 aliphatic carbocycles. The number of carbonyl (C=O) groups excluding carboxylic acids is 3. The number of aliphatic carboxylic acids is 2. The van der Waals surface area contributed by atoms with E-state index in [9.17, 15) is 24.6 Å². The van der Waals surface area contributed by atoms with E-state index in [1.807, 2.05) is 0 Å². The van der Waals surface area contributed by atoms with Crippen LogP contribution < -0.4 is 16.1 Å². The highest BCUT2D eigenvalue weighted by Crippen LogP contribution is 2.08. The summed E-state index contributed by atoms with van der Waals surface area (Å²) in [6, 6.07) is 6.28. The average Bonchev–Trinajstić information content (AvgIpc) is 2.38. The minimum atomic E-state index is -1.62. The molecule has 0 radical (unpaired) electrons. The molecule has 0 aliphatic rings. The van der Waals surface area contributed by atoms with Crippen molar-refractivity contribution in [3.05, 3.63) is 35.9 Å². The first kappa shape index (κ1) is 14.7. The number of carboxylic acids is 2. The number of hydrazine groups is 1. The summed E-state index contributed by atoms with van der Waals surface area (Å²) in [5.41, 5.74) is 0.199. The molecule has 1 rings (SSSR count). The Kier molecular flexibility index (Phi) is 5.01. The lowest BCUT2D eigenvalue weighted by Crippen LogP contribution is -2.54. The third kappa shape index (κ3) is 4.07. The highest BCUT2D eigenvalue weighted by molar-refractivity contribution is 5.96. The van der Waals surface area contributed by atoms with Gasteiger partial charge < -0.3 is 19.8 Å². The fraction of sp³-hybridized carbons (Fsp3) is 0.250. The summed E-state index contributed by atoms with van der Waals surface area (Å²) in [6.45, 7) is 0.